The fourth-order valence-electron chi connectivity index (χ4n) is 5.18. The third kappa shape index (κ3) is 3.61. The molecule has 3 heterocycles. The number of nitrogens with zero attached hydrogens (tertiary/aromatic N) is 3. The molecular weight excluding hydrogens is 449 g/mol. The van der Waals surface area contributed by atoms with Crippen LogP contribution in [-0.4, -0.2) is 26.5 Å². The zero-order valence-corrected chi connectivity index (χ0v) is 18.2. The summed E-state index contributed by atoms with van der Waals surface area (Å²) in [7, 11) is 0. The SMILES string of the molecule is C[C@H](NC(=O)c1nn2c(C(F)(F)F)cc(-c3cccs3)nc2c1Cl)[C@H]1C[C@H]2CC[C@H]1C2. The average molecular weight is 469 g/mol. The molecule has 2 aliphatic carbocycles. The normalized spacial score (nSPS) is 24.1. The number of halogens is 4. The number of carbonyl (C=O) groups is 1. The molecule has 0 aliphatic heterocycles. The van der Waals surface area contributed by atoms with E-state index in [1.165, 1.54) is 30.6 Å². The number of hydrogen-bond acceptors (Lipinski definition) is 4. The van der Waals surface area contributed by atoms with Crippen LogP contribution < -0.4 is 5.32 Å². The number of thiophene rings is 1. The lowest BCUT2D eigenvalue weighted by Crippen LogP contribution is -2.40. The van der Waals surface area contributed by atoms with Gasteiger partial charge in [0.2, 0.25) is 0 Å². The summed E-state index contributed by atoms with van der Waals surface area (Å²) in [4.78, 5) is 17.8. The maximum absolute atomic E-state index is 13.8. The molecule has 0 radical (unpaired) electrons. The Morgan fingerprint density at radius 2 is 2.16 bits per heavy atom. The van der Waals surface area contributed by atoms with Crippen molar-refractivity contribution >= 4 is 34.5 Å². The summed E-state index contributed by atoms with van der Waals surface area (Å²) in [5, 5.41) is 8.41. The second-order valence-electron chi connectivity index (χ2n) is 8.50. The quantitative estimate of drug-likeness (QED) is 0.535. The fraction of sp³-hybridized carbons (Fsp3) is 0.476. The molecule has 10 heteroatoms. The Labute approximate surface area is 185 Å². The van der Waals surface area contributed by atoms with E-state index in [1.807, 2.05) is 6.92 Å². The summed E-state index contributed by atoms with van der Waals surface area (Å²) in [5.74, 6) is 1.13. The highest BCUT2D eigenvalue weighted by Gasteiger charge is 2.42. The molecule has 3 aromatic heterocycles. The zero-order valence-electron chi connectivity index (χ0n) is 16.6. The van der Waals surface area contributed by atoms with Crippen molar-refractivity contribution in [1.82, 2.24) is 19.9 Å². The minimum atomic E-state index is -4.69. The van der Waals surface area contributed by atoms with E-state index in [1.54, 1.807) is 17.5 Å². The molecule has 164 valence electrons. The van der Waals surface area contributed by atoms with Crippen LogP contribution in [0, 0.1) is 17.8 Å². The minimum absolute atomic E-state index is 0.0968. The molecule has 2 bridgehead atoms. The maximum atomic E-state index is 13.8. The number of fused-ring (bicyclic) bond motifs is 3. The molecule has 1 amide bonds. The van der Waals surface area contributed by atoms with E-state index in [-0.39, 0.29) is 28.1 Å². The molecule has 5 nitrogen and oxygen atoms in total. The van der Waals surface area contributed by atoms with Crippen LogP contribution in [-0.2, 0) is 6.18 Å². The number of carbonyl (C=O) groups excluding carboxylic acids is 1. The van der Waals surface area contributed by atoms with Gasteiger partial charge in [0.05, 0.1) is 10.6 Å². The van der Waals surface area contributed by atoms with Gasteiger partial charge in [0.1, 0.15) is 5.02 Å². The Hall–Kier alpha value is -2.13. The van der Waals surface area contributed by atoms with Crippen molar-refractivity contribution in [2.75, 3.05) is 0 Å². The van der Waals surface area contributed by atoms with Gasteiger partial charge >= 0.3 is 6.18 Å². The lowest BCUT2D eigenvalue weighted by atomic mass is 9.84. The standard InChI is InChI=1S/C21H20ClF3N4OS/c1-10(13-8-11-4-5-12(13)7-11)26-20(30)18-17(22)19-27-14(15-3-2-6-31-15)9-16(21(23,24)25)29(19)28-18/h2-3,6,9-13H,4-5,7-8H2,1H3,(H,26,30)/t10-,11-,12-,13+/m0/s1. The van der Waals surface area contributed by atoms with E-state index in [4.69, 9.17) is 11.6 Å². The Morgan fingerprint density at radius 1 is 1.35 bits per heavy atom. The van der Waals surface area contributed by atoms with Crippen LogP contribution in [0.5, 0.6) is 0 Å². The monoisotopic (exact) mass is 468 g/mol. The van der Waals surface area contributed by atoms with E-state index in [0.717, 1.165) is 18.4 Å². The third-order valence-corrected chi connectivity index (χ3v) is 7.85. The highest BCUT2D eigenvalue weighted by atomic mass is 35.5. The van der Waals surface area contributed by atoms with Crippen molar-refractivity contribution in [2.45, 2.75) is 44.8 Å². The largest absolute Gasteiger partial charge is 0.433 e. The smallest absolute Gasteiger partial charge is 0.348 e. The Morgan fingerprint density at radius 3 is 2.77 bits per heavy atom. The lowest BCUT2D eigenvalue weighted by Gasteiger charge is -2.28. The van der Waals surface area contributed by atoms with Crippen LogP contribution in [0.1, 0.15) is 48.8 Å². The number of amides is 1. The van der Waals surface area contributed by atoms with Gasteiger partial charge in [-0.1, -0.05) is 24.1 Å². The van der Waals surface area contributed by atoms with Crippen molar-refractivity contribution in [3.63, 3.8) is 0 Å². The van der Waals surface area contributed by atoms with Gasteiger partial charge in [0, 0.05) is 6.04 Å². The van der Waals surface area contributed by atoms with Crippen LogP contribution in [0.3, 0.4) is 0 Å². The van der Waals surface area contributed by atoms with Crippen LogP contribution in [0.4, 0.5) is 13.2 Å². The Balaban J connectivity index is 1.50. The van der Waals surface area contributed by atoms with E-state index in [0.29, 0.717) is 21.2 Å². The summed E-state index contributed by atoms with van der Waals surface area (Å²) in [6.07, 6.45) is 0.0135. The van der Waals surface area contributed by atoms with Gasteiger partial charge in [-0.2, -0.15) is 18.3 Å². The Kier molecular flexibility index (Phi) is 5.01. The second-order valence-corrected chi connectivity index (χ2v) is 9.83. The summed E-state index contributed by atoms with van der Waals surface area (Å²) < 4.78 is 41.9. The molecule has 5 rings (SSSR count). The van der Waals surface area contributed by atoms with E-state index < -0.39 is 17.8 Å². The number of aromatic nitrogens is 3. The molecule has 0 unspecified atom stereocenters. The lowest BCUT2D eigenvalue weighted by molar-refractivity contribution is -0.142. The first kappa shape index (κ1) is 20.8. The van der Waals surface area contributed by atoms with E-state index in [2.05, 4.69) is 15.4 Å². The fourth-order valence-corrected chi connectivity index (χ4v) is 6.11. The molecule has 3 aromatic rings. The van der Waals surface area contributed by atoms with E-state index in [9.17, 15) is 18.0 Å². The van der Waals surface area contributed by atoms with Crippen LogP contribution in [0.15, 0.2) is 23.6 Å². The average Bonchev–Trinajstić information content (AvgIpc) is 3.51. The predicted molar refractivity (Wildman–Crippen MR) is 112 cm³/mol. The first-order chi connectivity index (χ1) is 14.7. The molecule has 1 N–H and O–H groups in total. The van der Waals surface area contributed by atoms with Gasteiger partial charge in [-0.25, -0.2) is 9.50 Å². The van der Waals surface area contributed by atoms with Crippen molar-refractivity contribution in [3.8, 4) is 10.6 Å². The molecule has 4 atom stereocenters. The molecule has 31 heavy (non-hydrogen) atoms. The van der Waals surface area contributed by atoms with Gasteiger partial charge in [-0.05, 0) is 61.5 Å². The van der Waals surface area contributed by atoms with Gasteiger partial charge in [0.15, 0.2) is 17.0 Å². The molecule has 2 saturated carbocycles. The summed E-state index contributed by atoms with van der Waals surface area (Å²) >= 11 is 7.61. The number of rotatable bonds is 4. The highest BCUT2D eigenvalue weighted by molar-refractivity contribution is 7.13. The molecular formula is C21H20ClF3N4OS. The highest BCUT2D eigenvalue weighted by Crippen LogP contribution is 2.49. The van der Waals surface area contributed by atoms with Crippen LogP contribution in [0.25, 0.3) is 16.2 Å². The topological polar surface area (TPSA) is 59.3 Å². The molecule has 0 spiro atoms. The number of alkyl halides is 3. The van der Waals surface area contributed by atoms with Crippen LogP contribution in [0.2, 0.25) is 5.02 Å². The van der Waals surface area contributed by atoms with Crippen molar-refractivity contribution in [1.29, 1.82) is 0 Å². The summed E-state index contributed by atoms with van der Waals surface area (Å²) in [5.41, 5.74) is -1.31. The molecule has 2 fully saturated rings. The third-order valence-electron chi connectivity index (χ3n) is 6.61. The van der Waals surface area contributed by atoms with Crippen molar-refractivity contribution < 1.29 is 18.0 Å². The van der Waals surface area contributed by atoms with Crippen molar-refractivity contribution in [3.05, 3.63) is 40.0 Å². The first-order valence-corrected chi connectivity index (χ1v) is 11.5. The summed E-state index contributed by atoms with van der Waals surface area (Å²) in [6.45, 7) is 1.95. The number of nitrogens with one attached hydrogen (secondary N) is 1. The second kappa shape index (κ2) is 7.48. The van der Waals surface area contributed by atoms with Gasteiger partial charge in [0.25, 0.3) is 5.91 Å². The molecule has 0 aromatic carbocycles. The first-order valence-electron chi connectivity index (χ1n) is 10.2. The molecule has 0 saturated heterocycles. The zero-order chi connectivity index (χ0) is 21.9. The maximum Gasteiger partial charge on any atom is 0.433 e. The van der Waals surface area contributed by atoms with Gasteiger partial charge in [-0.3, -0.25) is 4.79 Å². The predicted octanol–water partition coefficient (Wildman–Crippen LogP) is 5.68. The van der Waals surface area contributed by atoms with Crippen LogP contribution >= 0.6 is 22.9 Å². The number of hydrogen-bond donors (Lipinski definition) is 1. The van der Waals surface area contributed by atoms with E-state index >= 15 is 0 Å². The minimum Gasteiger partial charge on any atom is -0.348 e. The summed E-state index contributed by atoms with van der Waals surface area (Å²) in [6, 6.07) is 4.24. The van der Waals surface area contributed by atoms with Gasteiger partial charge < -0.3 is 5.32 Å². The Bertz CT molecular complexity index is 1140. The van der Waals surface area contributed by atoms with Gasteiger partial charge in [-0.15, -0.1) is 11.3 Å². The molecule has 2 aliphatic rings. The van der Waals surface area contributed by atoms with Crippen molar-refractivity contribution in [2.24, 2.45) is 17.8 Å².